The average molecular weight is 454 g/mol. The van der Waals surface area contributed by atoms with Crippen LogP contribution in [-0.4, -0.2) is 39.7 Å². The maximum Gasteiger partial charge on any atom is 0.322 e. The predicted molar refractivity (Wildman–Crippen MR) is 122 cm³/mol. The van der Waals surface area contributed by atoms with Crippen molar-refractivity contribution in [2.24, 2.45) is 13.0 Å². The number of hydrogen-bond donors (Lipinski definition) is 2. The Kier molecular flexibility index (Phi) is 7.77. The van der Waals surface area contributed by atoms with E-state index < -0.39 is 6.03 Å². The van der Waals surface area contributed by atoms with Crippen molar-refractivity contribution in [3.8, 4) is 0 Å². The highest BCUT2D eigenvalue weighted by Crippen LogP contribution is 2.26. The number of carbonyl (C=O) groups is 2. The lowest BCUT2D eigenvalue weighted by molar-refractivity contribution is -0.116. The van der Waals surface area contributed by atoms with Crippen LogP contribution < -0.4 is 10.6 Å². The standard InChI is InChI=1S/C21H29Cl2N5O2/c1-13(2)11-28(20(30)24-16-8-7-14(22)9-15(16)23)12-19(29)25-18-10-17(21(3,4)5)26-27(18)6/h7-10,13H,11-12H2,1-6H3,(H,24,30)(H,25,29). The number of rotatable bonds is 6. The van der Waals surface area contributed by atoms with Crippen molar-refractivity contribution in [2.75, 3.05) is 23.7 Å². The molecule has 0 fully saturated rings. The van der Waals surface area contributed by atoms with Gasteiger partial charge in [0.2, 0.25) is 5.91 Å². The number of nitrogens with one attached hydrogen (secondary N) is 2. The Morgan fingerprint density at radius 3 is 2.37 bits per heavy atom. The van der Waals surface area contributed by atoms with Gasteiger partial charge in [-0.25, -0.2) is 4.79 Å². The minimum Gasteiger partial charge on any atom is -0.315 e. The van der Waals surface area contributed by atoms with Gasteiger partial charge in [-0.1, -0.05) is 57.8 Å². The molecular formula is C21H29Cl2N5O2. The van der Waals surface area contributed by atoms with Crippen LogP contribution in [-0.2, 0) is 17.3 Å². The van der Waals surface area contributed by atoms with Gasteiger partial charge in [0.25, 0.3) is 0 Å². The molecule has 0 aliphatic heterocycles. The summed E-state index contributed by atoms with van der Waals surface area (Å²) in [5.41, 5.74) is 1.17. The molecule has 0 aliphatic carbocycles. The van der Waals surface area contributed by atoms with Gasteiger partial charge in [0.05, 0.1) is 16.4 Å². The Balaban J connectivity index is 2.11. The topological polar surface area (TPSA) is 79.3 Å². The van der Waals surface area contributed by atoms with Crippen molar-refractivity contribution in [2.45, 2.75) is 40.0 Å². The highest BCUT2D eigenvalue weighted by molar-refractivity contribution is 6.36. The zero-order valence-corrected chi connectivity index (χ0v) is 19.7. The fourth-order valence-corrected chi connectivity index (χ4v) is 3.21. The smallest absolute Gasteiger partial charge is 0.315 e. The third-order valence-electron chi connectivity index (χ3n) is 4.30. The van der Waals surface area contributed by atoms with Crippen LogP contribution in [0, 0.1) is 5.92 Å². The van der Waals surface area contributed by atoms with Gasteiger partial charge in [0.15, 0.2) is 0 Å². The van der Waals surface area contributed by atoms with Crippen LogP contribution in [0.2, 0.25) is 10.0 Å². The quantitative estimate of drug-likeness (QED) is 0.634. The molecule has 0 bridgehead atoms. The van der Waals surface area contributed by atoms with Gasteiger partial charge >= 0.3 is 6.03 Å². The van der Waals surface area contributed by atoms with Crippen LogP contribution in [0.25, 0.3) is 0 Å². The second-order valence-electron chi connectivity index (χ2n) is 8.67. The van der Waals surface area contributed by atoms with Gasteiger partial charge in [-0.2, -0.15) is 5.10 Å². The Morgan fingerprint density at radius 1 is 1.17 bits per heavy atom. The molecule has 0 atom stereocenters. The summed E-state index contributed by atoms with van der Waals surface area (Å²) < 4.78 is 1.62. The summed E-state index contributed by atoms with van der Waals surface area (Å²) in [6, 6.07) is 6.24. The third-order valence-corrected chi connectivity index (χ3v) is 4.84. The van der Waals surface area contributed by atoms with Gasteiger partial charge in [-0.05, 0) is 24.1 Å². The highest BCUT2D eigenvalue weighted by Gasteiger charge is 2.22. The number of aryl methyl sites for hydroxylation is 1. The summed E-state index contributed by atoms with van der Waals surface area (Å²) >= 11 is 12.1. The maximum atomic E-state index is 12.8. The lowest BCUT2D eigenvalue weighted by atomic mass is 9.92. The number of carbonyl (C=O) groups excluding carboxylic acids is 2. The molecule has 0 saturated heterocycles. The van der Waals surface area contributed by atoms with E-state index in [0.717, 1.165) is 5.69 Å². The number of hydrogen-bond acceptors (Lipinski definition) is 3. The number of aromatic nitrogens is 2. The van der Waals surface area contributed by atoms with Crippen molar-refractivity contribution in [3.63, 3.8) is 0 Å². The first-order chi connectivity index (χ1) is 13.9. The normalized spacial score (nSPS) is 11.5. The van der Waals surface area contributed by atoms with E-state index in [1.165, 1.54) is 4.90 Å². The summed E-state index contributed by atoms with van der Waals surface area (Å²) in [5, 5.41) is 10.8. The molecule has 0 radical (unpaired) electrons. The minimum atomic E-state index is -0.413. The molecule has 1 aromatic carbocycles. The Labute approximate surface area is 187 Å². The van der Waals surface area contributed by atoms with Gasteiger partial charge in [-0.15, -0.1) is 0 Å². The third kappa shape index (κ3) is 6.64. The summed E-state index contributed by atoms with van der Waals surface area (Å²) in [7, 11) is 1.77. The average Bonchev–Trinajstić information content (AvgIpc) is 2.97. The predicted octanol–water partition coefficient (Wildman–Crippen LogP) is 5.15. The van der Waals surface area contributed by atoms with Crippen LogP contribution in [0.1, 0.15) is 40.3 Å². The second-order valence-corrected chi connectivity index (χ2v) is 9.51. The van der Waals surface area contributed by atoms with Crippen molar-refractivity contribution in [1.82, 2.24) is 14.7 Å². The second kappa shape index (κ2) is 9.71. The van der Waals surface area contributed by atoms with E-state index in [2.05, 4.69) is 36.5 Å². The molecular weight excluding hydrogens is 425 g/mol. The van der Waals surface area contributed by atoms with Crippen molar-refractivity contribution in [1.29, 1.82) is 0 Å². The number of halogens is 2. The van der Waals surface area contributed by atoms with Gasteiger partial charge in [0, 0.05) is 30.1 Å². The molecule has 164 valence electrons. The lowest BCUT2D eigenvalue weighted by Gasteiger charge is -2.24. The van der Waals surface area contributed by atoms with Crippen LogP contribution in [0.5, 0.6) is 0 Å². The summed E-state index contributed by atoms with van der Waals surface area (Å²) in [5.74, 6) is 0.445. The van der Waals surface area contributed by atoms with Crippen LogP contribution in [0.15, 0.2) is 24.3 Å². The molecule has 1 heterocycles. The summed E-state index contributed by atoms with van der Waals surface area (Å²) in [4.78, 5) is 26.9. The molecule has 2 N–H and O–H groups in total. The highest BCUT2D eigenvalue weighted by atomic mass is 35.5. The van der Waals surface area contributed by atoms with Crippen molar-refractivity contribution < 1.29 is 9.59 Å². The van der Waals surface area contributed by atoms with Crippen LogP contribution in [0.4, 0.5) is 16.3 Å². The number of anilines is 2. The molecule has 2 rings (SSSR count). The molecule has 0 saturated carbocycles. The molecule has 0 aliphatic rings. The van der Waals surface area contributed by atoms with E-state index in [1.807, 2.05) is 19.9 Å². The van der Waals surface area contributed by atoms with E-state index in [9.17, 15) is 9.59 Å². The van der Waals surface area contributed by atoms with Gasteiger partial charge < -0.3 is 15.5 Å². The summed E-state index contributed by atoms with van der Waals surface area (Å²) in [6.07, 6.45) is 0. The fraction of sp³-hybridized carbons (Fsp3) is 0.476. The number of nitrogens with zero attached hydrogens (tertiary/aromatic N) is 3. The number of benzene rings is 1. The molecule has 1 aromatic heterocycles. The number of urea groups is 1. The SMILES string of the molecule is CC(C)CN(CC(=O)Nc1cc(C(C)(C)C)nn1C)C(=O)Nc1ccc(Cl)cc1Cl. The maximum absolute atomic E-state index is 12.8. The van der Waals surface area contributed by atoms with E-state index in [4.69, 9.17) is 23.2 Å². The molecule has 0 spiro atoms. The fourth-order valence-electron chi connectivity index (χ4n) is 2.75. The largest absolute Gasteiger partial charge is 0.322 e. The molecule has 30 heavy (non-hydrogen) atoms. The lowest BCUT2D eigenvalue weighted by Crippen LogP contribution is -2.42. The number of amides is 3. The molecule has 3 amide bonds. The zero-order chi connectivity index (χ0) is 22.6. The first-order valence-electron chi connectivity index (χ1n) is 9.72. The first-order valence-corrected chi connectivity index (χ1v) is 10.5. The van der Waals surface area contributed by atoms with Gasteiger partial charge in [-0.3, -0.25) is 9.48 Å². The van der Waals surface area contributed by atoms with E-state index in [0.29, 0.717) is 28.1 Å². The van der Waals surface area contributed by atoms with E-state index >= 15 is 0 Å². The Morgan fingerprint density at radius 2 is 1.83 bits per heavy atom. The molecule has 7 nitrogen and oxygen atoms in total. The van der Waals surface area contributed by atoms with E-state index in [1.54, 1.807) is 29.9 Å². The van der Waals surface area contributed by atoms with E-state index in [-0.39, 0.29) is 23.8 Å². The van der Waals surface area contributed by atoms with Crippen LogP contribution in [0.3, 0.4) is 0 Å². The Bertz CT molecular complexity index is 919. The Hall–Kier alpha value is -2.25. The zero-order valence-electron chi connectivity index (χ0n) is 18.2. The van der Waals surface area contributed by atoms with Gasteiger partial charge in [0.1, 0.15) is 12.4 Å². The van der Waals surface area contributed by atoms with Crippen molar-refractivity contribution in [3.05, 3.63) is 40.0 Å². The minimum absolute atomic E-state index is 0.106. The summed E-state index contributed by atoms with van der Waals surface area (Å²) in [6.45, 7) is 10.4. The molecule has 0 unspecified atom stereocenters. The molecule has 9 heteroatoms. The molecule has 2 aromatic rings. The van der Waals surface area contributed by atoms with Crippen molar-refractivity contribution >= 4 is 46.6 Å². The first kappa shape index (κ1) is 24.0. The monoisotopic (exact) mass is 453 g/mol. The van der Waals surface area contributed by atoms with Crippen LogP contribution >= 0.6 is 23.2 Å².